The Labute approximate surface area is 125 Å². The van der Waals surface area contributed by atoms with Gasteiger partial charge in [0.05, 0.1) is 11.2 Å². The number of aromatic nitrogens is 2. The lowest BCUT2D eigenvalue weighted by atomic mass is 10.3. The normalized spacial score (nSPS) is 10.4. The summed E-state index contributed by atoms with van der Waals surface area (Å²) >= 11 is 11.8. The summed E-state index contributed by atoms with van der Waals surface area (Å²) in [6.45, 7) is 2.68. The number of halogens is 3. The average molecular weight is 316 g/mol. The number of anilines is 1. The Hall–Kier alpha value is -1.59. The number of hydrogen-bond donors (Lipinski definition) is 1. The van der Waals surface area contributed by atoms with Crippen LogP contribution in [-0.2, 0) is 0 Å². The first-order chi connectivity index (χ1) is 9.61. The highest BCUT2D eigenvalue weighted by Crippen LogP contribution is 2.34. The van der Waals surface area contributed by atoms with E-state index in [1.54, 1.807) is 18.2 Å². The molecule has 1 N–H and O–H groups in total. The lowest BCUT2D eigenvalue weighted by molar-refractivity contribution is 0.421. The first kappa shape index (κ1) is 14.8. The maximum absolute atomic E-state index is 13.7. The van der Waals surface area contributed by atoms with Crippen molar-refractivity contribution in [2.75, 3.05) is 11.9 Å². The molecule has 0 saturated carbocycles. The molecule has 1 aromatic heterocycles. The van der Waals surface area contributed by atoms with Crippen LogP contribution in [0.5, 0.6) is 11.6 Å². The SMILES string of the molecule is CCCNc1ncc(F)c(Oc2cccc(Cl)c2Cl)n1. The second-order valence-corrected chi connectivity index (χ2v) is 4.71. The van der Waals surface area contributed by atoms with Gasteiger partial charge in [-0.2, -0.15) is 9.37 Å². The van der Waals surface area contributed by atoms with Crippen molar-refractivity contribution in [2.24, 2.45) is 0 Å². The maximum atomic E-state index is 13.7. The molecule has 0 spiro atoms. The van der Waals surface area contributed by atoms with Gasteiger partial charge in [-0.1, -0.05) is 36.2 Å². The average Bonchev–Trinajstić information content (AvgIpc) is 2.44. The minimum atomic E-state index is -0.678. The molecule has 2 rings (SSSR count). The fourth-order valence-electron chi connectivity index (χ4n) is 1.41. The first-order valence-electron chi connectivity index (χ1n) is 6.00. The molecular weight excluding hydrogens is 304 g/mol. The van der Waals surface area contributed by atoms with Crippen LogP contribution in [0, 0.1) is 5.82 Å². The van der Waals surface area contributed by atoms with Crippen LogP contribution < -0.4 is 10.1 Å². The summed E-state index contributed by atoms with van der Waals surface area (Å²) in [7, 11) is 0. The van der Waals surface area contributed by atoms with E-state index >= 15 is 0 Å². The number of nitrogens with zero attached hydrogens (tertiary/aromatic N) is 2. The van der Waals surface area contributed by atoms with Crippen LogP contribution in [0.4, 0.5) is 10.3 Å². The Kier molecular flexibility index (Phi) is 4.98. The van der Waals surface area contributed by atoms with E-state index < -0.39 is 5.82 Å². The zero-order valence-corrected chi connectivity index (χ0v) is 12.2. The molecule has 0 saturated heterocycles. The number of nitrogens with one attached hydrogen (secondary N) is 1. The van der Waals surface area contributed by atoms with Crippen LogP contribution in [0.3, 0.4) is 0 Å². The summed E-state index contributed by atoms with van der Waals surface area (Å²) in [5, 5.41) is 3.47. The van der Waals surface area contributed by atoms with E-state index in [-0.39, 0.29) is 16.7 Å². The highest BCUT2D eigenvalue weighted by molar-refractivity contribution is 6.42. The van der Waals surface area contributed by atoms with E-state index in [1.165, 1.54) is 0 Å². The second kappa shape index (κ2) is 6.72. The number of benzene rings is 1. The lowest BCUT2D eigenvalue weighted by Gasteiger charge is -2.09. The zero-order valence-electron chi connectivity index (χ0n) is 10.7. The van der Waals surface area contributed by atoms with Crippen molar-refractivity contribution in [3.05, 3.63) is 40.3 Å². The van der Waals surface area contributed by atoms with Gasteiger partial charge in [0.15, 0.2) is 0 Å². The summed E-state index contributed by atoms with van der Waals surface area (Å²) in [6, 6.07) is 4.84. The molecule has 7 heteroatoms. The largest absolute Gasteiger partial charge is 0.435 e. The first-order valence-corrected chi connectivity index (χ1v) is 6.75. The van der Waals surface area contributed by atoms with Crippen molar-refractivity contribution in [1.29, 1.82) is 0 Å². The molecule has 4 nitrogen and oxygen atoms in total. The summed E-state index contributed by atoms with van der Waals surface area (Å²) in [4.78, 5) is 7.78. The van der Waals surface area contributed by atoms with Crippen LogP contribution in [0.2, 0.25) is 10.0 Å². The third-order valence-electron chi connectivity index (χ3n) is 2.37. The zero-order chi connectivity index (χ0) is 14.5. The summed E-state index contributed by atoms with van der Waals surface area (Å²) in [6.07, 6.45) is 1.94. The third-order valence-corrected chi connectivity index (χ3v) is 3.17. The Morgan fingerprint density at radius 2 is 2.15 bits per heavy atom. The molecule has 0 bridgehead atoms. The molecule has 0 amide bonds. The molecule has 1 heterocycles. The van der Waals surface area contributed by atoms with Gasteiger partial charge in [-0.15, -0.1) is 0 Å². The number of rotatable bonds is 5. The Morgan fingerprint density at radius 3 is 2.90 bits per heavy atom. The number of hydrogen-bond acceptors (Lipinski definition) is 4. The Balaban J connectivity index is 2.26. The summed E-state index contributed by atoms with van der Waals surface area (Å²) in [5.74, 6) is -0.356. The molecule has 0 aliphatic rings. The van der Waals surface area contributed by atoms with Crippen molar-refractivity contribution >= 4 is 29.2 Å². The van der Waals surface area contributed by atoms with Crippen LogP contribution in [0.15, 0.2) is 24.4 Å². The quantitative estimate of drug-likeness (QED) is 0.880. The molecule has 1 aromatic carbocycles. The molecular formula is C13H12Cl2FN3O. The van der Waals surface area contributed by atoms with E-state index in [1.807, 2.05) is 6.92 Å². The fraction of sp³-hybridized carbons (Fsp3) is 0.231. The van der Waals surface area contributed by atoms with Crippen molar-refractivity contribution in [2.45, 2.75) is 13.3 Å². The molecule has 0 radical (unpaired) electrons. The van der Waals surface area contributed by atoms with Gasteiger partial charge >= 0.3 is 0 Å². The van der Waals surface area contributed by atoms with Crippen molar-refractivity contribution < 1.29 is 9.13 Å². The molecule has 0 fully saturated rings. The van der Waals surface area contributed by atoms with Crippen LogP contribution in [0.1, 0.15) is 13.3 Å². The second-order valence-electron chi connectivity index (χ2n) is 3.93. The summed E-state index contributed by atoms with van der Waals surface area (Å²) < 4.78 is 19.0. The van der Waals surface area contributed by atoms with Gasteiger partial charge in [0.25, 0.3) is 5.88 Å². The van der Waals surface area contributed by atoms with Crippen molar-refractivity contribution in [3.63, 3.8) is 0 Å². The van der Waals surface area contributed by atoms with E-state index in [9.17, 15) is 4.39 Å². The molecule has 106 valence electrons. The number of ether oxygens (including phenoxy) is 1. The van der Waals surface area contributed by atoms with Gasteiger partial charge in [0, 0.05) is 6.54 Å². The van der Waals surface area contributed by atoms with Gasteiger partial charge in [0.2, 0.25) is 11.8 Å². The Bertz CT molecular complexity index is 610. The van der Waals surface area contributed by atoms with Gasteiger partial charge in [0.1, 0.15) is 10.8 Å². The van der Waals surface area contributed by atoms with Crippen LogP contribution in [-0.4, -0.2) is 16.5 Å². The fourth-order valence-corrected chi connectivity index (χ4v) is 1.74. The maximum Gasteiger partial charge on any atom is 0.260 e. The monoisotopic (exact) mass is 315 g/mol. The van der Waals surface area contributed by atoms with Crippen LogP contribution >= 0.6 is 23.2 Å². The van der Waals surface area contributed by atoms with Gasteiger partial charge in [-0.05, 0) is 18.6 Å². The van der Waals surface area contributed by atoms with Crippen LogP contribution in [0.25, 0.3) is 0 Å². The molecule has 0 atom stereocenters. The highest BCUT2D eigenvalue weighted by Gasteiger charge is 2.12. The van der Waals surface area contributed by atoms with Crippen molar-refractivity contribution in [3.8, 4) is 11.6 Å². The van der Waals surface area contributed by atoms with E-state index in [4.69, 9.17) is 27.9 Å². The third kappa shape index (κ3) is 3.49. The molecule has 0 aliphatic carbocycles. The minimum Gasteiger partial charge on any atom is -0.435 e. The highest BCUT2D eigenvalue weighted by atomic mass is 35.5. The topological polar surface area (TPSA) is 47.0 Å². The van der Waals surface area contributed by atoms with Gasteiger partial charge in [-0.25, -0.2) is 4.98 Å². The molecule has 0 unspecified atom stereocenters. The molecule has 20 heavy (non-hydrogen) atoms. The lowest BCUT2D eigenvalue weighted by Crippen LogP contribution is -2.05. The standard InChI is InChI=1S/C13H12Cl2FN3O/c1-2-6-17-13-18-7-9(16)12(19-13)20-10-5-3-4-8(14)11(10)15/h3-5,7H,2,6H2,1H3,(H,17,18,19). The molecule has 0 aliphatic heterocycles. The predicted octanol–water partition coefficient (Wildman–Crippen LogP) is 4.54. The molecule has 2 aromatic rings. The van der Waals surface area contributed by atoms with E-state index in [0.717, 1.165) is 12.6 Å². The summed E-state index contributed by atoms with van der Waals surface area (Å²) in [5.41, 5.74) is 0. The van der Waals surface area contributed by atoms with E-state index in [0.29, 0.717) is 17.5 Å². The minimum absolute atomic E-state index is 0.204. The van der Waals surface area contributed by atoms with Gasteiger partial charge < -0.3 is 10.1 Å². The predicted molar refractivity (Wildman–Crippen MR) is 77.3 cm³/mol. The van der Waals surface area contributed by atoms with Gasteiger partial charge in [-0.3, -0.25) is 0 Å². The smallest absolute Gasteiger partial charge is 0.260 e. The van der Waals surface area contributed by atoms with Crippen molar-refractivity contribution in [1.82, 2.24) is 9.97 Å². The van der Waals surface area contributed by atoms with E-state index in [2.05, 4.69) is 15.3 Å². The Morgan fingerprint density at radius 1 is 1.35 bits per heavy atom.